The Morgan fingerprint density at radius 3 is 1.31 bits per heavy atom. The summed E-state index contributed by atoms with van der Waals surface area (Å²) < 4.78 is 33.9. The first-order valence-electron chi connectivity index (χ1n) is 13.1. The third-order valence-corrected chi connectivity index (χ3v) is 7.23. The molecule has 1 rings (SSSR count). The average molecular weight is 491 g/mol. The SMILES string of the molecule is CCCCCCCCCCCCCCCCCCCCCc1ccccc1S(=O)(=O)[O-].[K+]. The maximum Gasteiger partial charge on any atom is 1.00 e. The van der Waals surface area contributed by atoms with Gasteiger partial charge in [-0.1, -0.05) is 141 Å². The minimum absolute atomic E-state index is 0. The molecule has 0 spiro atoms. The van der Waals surface area contributed by atoms with E-state index >= 15 is 0 Å². The molecule has 0 fully saturated rings. The fourth-order valence-electron chi connectivity index (χ4n) is 4.35. The third kappa shape index (κ3) is 18.1. The maximum absolute atomic E-state index is 11.3. The third-order valence-electron chi connectivity index (χ3n) is 6.29. The minimum atomic E-state index is -4.36. The van der Waals surface area contributed by atoms with Gasteiger partial charge in [-0.05, 0) is 24.5 Å². The Hall–Kier alpha value is 0.766. The Morgan fingerprint density at radius 2 is 0.938 bits per heavy atom. The summed E-state index contributed by atoms with van der Waals surface area (Å²) in [6.07, 6.45) is 26.2. The van der Waals surface area contributed by atoms with Crippen LogP contribution in [0.15, 0.2) is 29.2 Å². The minimum Gasteiger partial charge on any atom is -0.744 e. The first-order valence-corrected chi connectivity index (χ1v) is 14.5. The Balaban J connectivity index is 0.00000961. The second-order valence-electron chi connectivity index (χ2n) is 9.18. The molecule has 0 radical (unpaired) electrons. The van der Waals surface area contributed by atoms with Crippen molar-refractivity contribution in [1.82, 2.24) is 0 Å². The molecule has 0 N–H and O–H groups in total. The van der Waals surface area contributed by atoms with E-state index in [2.05, 4.69) is 6.92 Å². The summed E-state index contributed by atoms with van der Waals surface area (Å²) in [5, 5.41) is 0. The van der Waals surface area contributed by atoms with Crippen molar-refractivity contribution in [3.05, 3.63) is 29.8 Å². The molecule has 0 atom stereocenters. The Kier molecular flexibility index (Phi) is 22.8. The van der Waals surface area contributed by atoms with E-state index in [0.717, 1.165) is 12.8 Å². The van der Waals surface area contributed by atoms with Crippen molar-refractivity contribution in [1.29, 1.82) is 0 Å². The van der Waals surface area contributed by atoms with Gasteiger partial charge in [0.2, 0.25) is 0 Å². The van der Waals surface area contributed by atoms with Crippen LogP contribution < -0.4 is 51.4 Å². The summed E-state index contributed by atoms with van der Waals surface area (Å²) in [6.45, 7) is 2.28. The van der Waals surface area contributed by atoms with Crippen molar-refractivity contribution in [3.8, 4) is 0 Å². The van der Waals surface area contributed by atoms with Gasteiger partial charge in [-0.3, -0.25) is 0 Å². The van der Waals surface area contributed by atoms with E-state index in [1.54, 1.807) is 18.2 Å². The topological polar surface area (TPSA) is 57.2 Å². The smallest absolute Gasteiger partial charge is 0.744 e. The molecule has 0 aromatic heterocycles. The maximum atomic E-state index is 11.3. The van der Waals surface area contributed by atoms with Gasteiger partial charge in [-0.25, -0.2) is 8.42 Å². The molecular formula is C27H47KO3S. The second-order valence-corrected chi connectivity index (χ2v) is 10.5. The number of rotatable bonds is 21. The van der Waals surface area contributed by atoms with E-state index in [-0.39, 0.29) is 56.3 Å². The summed E-state index contributed by atoms with van der Waals surface area (Å²) in [5.41, 5.74) is 0.671. The summed E-state index contributed by atoms with van der Waals surface area (Å²) in [4.78, 5) is -0.0441. The van der Waals surface area contributed by atoms with E-state index in [4.69, 9.17) is 0 Å². The van der Waals surface area contributed by atoms with E-state index in [1.165, 1.54) is 115 Å². The van der Waals surface area contributed by atoms with Crippen molar-refractivity contribution in [2.75, 3.05) is 0 Å². The molecule has 0 saturated carbocycles. The molecule has 5 heteroatoms. The van der Waals surface area contributed by atoms with E-state index < -0.39 is 10.1 Å². The molecule has 0 aliphatic carbocycles. The van der Waals surface area contributed by atoms with Crippen LogP contribution in [0.2, 0.25) is 0 Å². The Labute approximate surface area is 242 Å². The van der Waals surface area contributed by atoms with Gasteiger partial charge in [-0.2, -0.15) is 0 Å². The molecule has 0 saturated heterocycles. The summed E-state index contributed by atoms with van der Waals surface area (Å²) in [6, 6.07) is 6.61. The van der Waals surface area contributed by atoms with Gasteiger partial charge in [-0.15, -0.1) is 0 Å². The standard InChI is InChI=1S/C27H48O3S.K/c1-2-3-4-5-6-7-8-9-10-11-12-13-14-15-16-17-18-19-20-23-26-24-21-22-25-27(26)31(28,29)30;/h21-22,24-25H,2-20,23H2,1H3,(H,28,29,30);/q;+1/p-1. The van der Waals surface area contributed by atoms with Gasteiger partial charge in [0, 0.05) is 0 Å². The van der Waals surface area contributed by atoms with Gasteiger partial charge < -0.3 is 4.55 Å². The first-order chi connectivity index (χ1) is 15.1. The van der Waals surface area contributed by atoms with Crippen molar-refractivity contribution >= 4 is 10.1 Å². The largest absolute Gasteiger partial charge is 1.00 e. The molecule has 0 heterocycles. The second kappa shape index (κ2) is 22.2. The predicted molar refractivity (Wildman–Crippen MR) is 132 cm³/mol. The number of benzene rings is 1. The van der Waals surface area contributed by atoms with Crippen molar-refractivity contribution in [3.63, 3.8) is 0 Å². The van der Waals surface area contributed by atoms with E-state index in [1.807, 2.05) is 0 Å². The number of unbranched alkanes of at least 4 members (excludes halogenated alkanes) is 18. The molecular weight excluding hydrogens is 443 g/mol. The van der Waals surface area contributed by atoms with Gasteiger partial charge in [0.25, 0.3) is 0 Å². The molecule has 1 aromatic carbocycles. The molecule has 0 bridgehead atoms. The van der Waals surface area contributed by atoms with Gasteiger partial charge in [0.05, 0.1) is 4.90 Å². The average Bonchev–Trinajstić information content (AvgIpc) is 2.75. The van der Waals surface area contributed by atoms with Gasteiger partial charge in [0.1, 0.15) is 10.1 Å². The molecule has 3 nitrogen and oxygen atoms in total. The van der Waals surface area contributed by atoms with Gasteiger partial charge in [0.15, 0.2) is 0 Å². The zero-order valence-corrected chi connectivity index (χ0v) is 25.0. The van der Waals surface area contributed by atoms with Crippen LogP contribution in [0.25, 0.3) is 0 Å². The molecule has 0 unspecified atom stereocenters. The number of aryl methyl sites for hydroxylation is 1. The van der Waals surface area contributed by atoms with Gasteiger partial charge >= 0.3 is 51.4 Å². The molecule has 0 aliphatic rings. The molecule has 1 aromatic rings. The fourth-order valence-corrected chi connectivity index (χ4v) is 5.08. The van der Waals surface area contributed by atoms with Crippen LogP contribution in [-0.4, -0.2) is 13.0 Å². The number of hydrogen-bond donors (Lipinski definition) is 0. The number of hydrogen-bond acceptors (Lipinski definition) is 3. The quantitative estimate of drug-likeness (QED) is 0.129. The van der Waals surface area contributed by atoms with Crippen molar-refractivity contribution < 1.29 is 64.4 Å². The van der Waals surface area contributed by atoms with E-state index in [0.29, 0.717) is 12.0 Å². The van der Waals surface area contributed by atoms with Crippen LogP contribution in [-0.2, 0) is 16.5 Å². The van der Waals surface area contributed by atoms with Crippen LogP contribution in [0.5, 0.6) is 0 Å². The van der Waals surface area contributed by atoms with E-state index in [9.17, 15) is 13.0 Å². The van der Waals surface area contributed by atoms with Crippen LogP contribution >= 0.6 is 0 Å². The molecule has 0 aliphatic heterocycles. The first kappa shape index (κ1) is 32.8. The monoisotopic (exact) mass is 490 g/mol. The van der Waals surface area contributed by atoms with Crippen molar-refractivity contribution in [2.45, 2.75) is 140 Å². The Morgan fingerprint density at radius 1 is 0.594 bits per heavy atom. The van der Waals surface area contributed by atoms with Crippen LogP contribution in [0.1, 0.15) is 134 Å². The normalized spacial score (nSPS) is 11.4. The zero-order chi connectivity index (χ0) is 22.6. The van der Waals surface area contributed by atoms with Crippen LogP contribution in [0, 0.1) is 0 Å². The molecule has 0 amide bonds. The fraction of sp³-hybridized carbons (Fsp3) is 0.778. The van der Waals surface area contributed by atoms with Crippen LogP contribution in [0.3, 0.4) is 0 Å². The zero-order valence-electron chi connectivity index (χ0n) is 21.1. The molecule has 180 valence electrons. The molecule has 32 heavy (non-hydrogen) atoms. The summed E-state index contributed by atoms with van der Waals surface area (Å²) in [7, 11) is -4.36. The van der Waals surface area contributed by atoms with Crippen molar-refractivity contribution in [2.24, 2.45) is 0 Å². The Bertz CT molecular complexity index is 646. The predicted octanol–water partition coefficient (Wildman–Crippen LogP) is 5.57. The van der Waals surface area contributed by atoms with Crippen LogP contribution in [0.4, 0.5) is 0 Å². The summed E-state index contributed by atoms with van der Waals surface area (Å²) >= 11 is 0. The summed E-state index contributed by atoms with van der Waals surface area (Å²) in [5.74, 6) is 0.